The first kappa shape index (κ1) is 26.6. The van der Waals surface area contributed by atoms with Crippen molar-refractivity contribution < 1.29 is 13.6 Å². The highest BCUT2D eigenvalue weighted by atomic mass is 19.3. The van der Waals surface area contributed by atoms with Gasteiger partial charge in [0.2, 0.25) is 11.9 Å². The zero-order chi connectivity index (χ0) is 28.9. The number of alkyl halides is 2. The predicted molar refractivity (Wildman–Crippen MR) is 154 cm³/mol. The summed E-state index contributed by atoms with van der Waals surface area (Å²) in [5.74, 6) is 0.248. The maximum absolute atomic E-state index is 13.2. The fraction of sp³-hybridized carbons (Fsp3) is 0.0606. The number of isocyanates is 1. The normalized spacial score (nSPS) is 11.3. The minimum atomic E-state index is -2.69. The predicted octanol–water partition coefficient (Wildman–Crippen LogP) is 7.15. The van der Waals surface area contributed by atoms with Crippen molar-refractivity contribution in [2.24, 2.45) is 4.99 Å². The van der Waals surface area contributed by atoms with Gasteiger partial charge in [-0.05, 0) is 45.7 Å². The average Bonchev–Trinajstić information content (AvgIpc) is 3.54. The number of aliphatic imine (C=N–C) groups is 1. The Hall–Kier alpha value is -5.66. The molecule has 0 saturated heterocycles. The fourth-order valence-corrected chi connectivity index (χ4v) is 5.13. The zero-order valence-corrected chi connectivity index (χ0v) is 22.0. The molecule has 2 aromatic heterocycles. The minimum Gasteiger partial charge on any atom is -0.255 e. The molecule has 0 radical (unpaired) electrons. The van der Waals surface area contributed by atoms with E-state index >= 15 is 0 Å². The Morgan fingerprint density at radius 1 is 0.738 bits per heavy atom. The number of tetrazole rings is 1. The van der Waals surface area contributed by atoms with Crippen LogP contribution in [0, 0.1) is 0 Å². The average molecular weight is 557 g/mol. The summed E-state index contributed by atoms with van der Waals surface area (Å²) in [5.41, 5.74) is 3.42. The number of aromatic nitrogens is 5. The molecule has 4 aromatic carbocycles. The first-order valence-corrected chi connectivity index (χ1v) is 13.0. The summed E-state index contributed by atoms with van der Waals surface area (Å²) in [5, 5.41) is 14.0. The molecule has 0 aliphatic carbocycles. The van der Waals surface area contributed by atoms with Gasteiger partial charge in [0, 0.05) is 17.3 Å². The Balaban J connectivity index is 1.59. The monoisotopic (exact) mass is 556 g/mol. The van der Waals surface area contributed by atoms with E-state index in [4.69, 9.17) is 5.10 Å². The maximum Gasteiger partial charge on any atom is 0.280 e. The van der Waals surface area contributed by atoms with Crippen LogP contribution in [0.5, 0.6) is 0 Å². The van der Waals surface area contributed by atoms with Crippen LogP contribution in [0.1, 0.15) is 28.8 Å². The topological polar surface area (TPSA) is 85.9 Å². The van der Waals surface area contributed by atoms with Crippen LogP contribution in [0.3, 0.4) is 0 Å². The minimum absolute atomic E-state index is 0.248. The van der Waals surface area contributed by atoms with Crippen molar-refractivity contribution in [3.8, 4) is 22.5 Å². The lowest BCUT2D eigenvalue weighted by atomic mass is 9.77. The molecule has 0 atom stereocenters. The summed E-state index contributed by atoms with van der Waals surface area (Å²) in [4.78, 5) is 20.3. The summed E-state index contributed by atoms with van der Waals surface area (Å²) >= 11 is 0. The van der Waals surface area contributed by atoms with E-state index in [1.807, 2.05) is 91.0 Å². The highest BCUT2D eigenvalue weighted by Crippen LogP contribution is 2.41. The molecule has 0 spiro atoms. The molecule has 0 bridgehead atoms. The molecule has 7 nitrogen and oxygen atoms in total. The number of nitrogens with zero attached hydrogens (tertiary/aromatic N) is 6. The lowest BCUT2D eigenvalue weighted by Gasteiger charge is -2.34. The van der Waals surface area contributed by atoms with Gasteiger partial charge in [-0.25, -0.2) is 13.6 Å². The molecule has 204 valence electrons. The van der Waals surface area contributed by atoms with Crippen LogP contribution in [0.25, 0.3) is 22.5 Å². The smallest absolute Gasteiger partial charge is 0.255 e. The second-order valence-corrected chi connectivity index (χ2v) is 9.42. The van der Waals surface area contributed by atoms with Crippen LogP contribution < -0.4 is 0 Å². The zero-order valence-electron chi connectivity index (χ0n) is 22.0. The first-order valence-electron chi connectivity index (χ1n) is 13.0. The number of pyridine rings is 1. The van der Waals surface area contributed by atoms with E-state index in [-0.39, 0.29) is 11.5 Å². The van der Waals surface area contributed by atoms with E-state index in [2.05, 4.69) is 20.3 Å². The number of carbonyl (C=O) groups excluding carboxylic acids is 1. The fourth-order valence-electron chi connectivity index (χ4n) is 5.13. The number of hydrogen-bond donors (Lipinski definition) is 0. The van der Waals surface area contributed by atoms with Gasteiger partial charge in [0.25, 0.3) is 6.43 Å². The summed E-state index contributed by atoms with van der Waals surface area (Å²) < 4.78 is 26.4. The van der Waals surface area contributed by atoms with Gasteiger partial charge in [-0.15, -0.1) is 15.0 Å². The lowest BCUT2D eigenvalue weighted by molar-refractivity contribution is 0.146. The Morgan fingerprint density at radius 2 is 1.33 bits per heavy atom. The molecule has 0 saturated carbocycles. The quantitative estimate of drug-likeness (QED) is 0.113. The first-order chi connectivity index (χ1) is 20.6. The van der Waals surface area contributed by atoms with Crippen molar-refractivity contribution in [3.63, 3.8) is 0 Å². The van der Waals surface area contributed by atoms with Crippen molar-refractivity contribution in [1.29, 1.82) is 0 Å². The molecule has 42 heavy (non-hydrogen) atoms. The third kappa shape index (κ3) is 4.78. The van der Waals surface area contributed by atoms with Crippen molar-refractivity contribution >= 4 is 11.8 Å². The van der Waals surface area contributed by atoms with Gasteiger partial charge in [-0.2, -0.15) is 4.99 Å². The largest absolute Gasteiger partial charge is 0.280 e. The van der Waals surface area contributed by atoms with Crippen LogP contribution in [0.2, 0.25) is 0 Å². The van der Waals surface area contributed by atoms with Gasteiger partial charge < -0.3 is 0 Å². The van der Waals surface area contributed by atoms with E-state index in [0.717, 1.165) is 16.7 Å². The molecular weight excluding hydrogens is 534 g/mol. The molecule has 6 aromatic rings. The van der Waals surface area contributed by atoms with Crippen molar-refractivity contribution in [2.75, 3.05) is 0 Å². The summed E-state index contributed by atoms with van der Waals surface area (Å²) in [6.07, 6.45) is 0.236. The molecule has 6 rings (SSSR count). The van der Waals surface area contributed by atoms with Crippen LogP contribution in [-0.2, 0) is 10.3 Å². The van der Waals surface area contributed by atoms with Gasteiger partial charge in [0.15, 0.2) is 5.54 Å². The Labute approximate surface area is 239 Å². The highest BCUT2D eigenvalue weighted by Gasteiger charge is 2.41. The maximum atomic E-state index is 13.2. The van der Waals surface area contributed by atoms with E-state index in [0.29, 0.717) is 22.4 Å². The van der Waals surface area contributed by atoms with Crippen LogP contribution in [0.15, 0.2) is 133 Å². The lowest BCUT2D eigenvalue weighted by Crippen LogP contribution is -2.39. The number of halogens is 2. The van der Waals surface area contributed by atoms with E-state index in [1.165, 1.54) is 12.3 Å². The van der Waals surface area contributed by atoms with Gasteiger partial charge >= 0.3 is 0 Å². The molecule has 0 aliphatic heterocycles. The van der Waals surface area contributed by atoms with Crippen molar-refractivity contribution in [3.05, 3.63) is 150 Å². The molecule has 9 heteroatoms. The van der Waals surface area contributed by atoms with Gasteiger partial charge in [-0.1, -0.05) is 103 Å². The van der Waals surface area contributed by atoms with Gasteiger partial charge in [0.1, 0.15) is 5.69 Å². The Bertz CT molecular complexity index is 1760. The summed E-state index contributed by atoms with van der Waals surface area (Å²) in [6.45, 7) is 0. The Kier molecular flexibility index (Phi) is 7.24. The second kappa shape index (κ2) is 11.4. The van der Waals surface area contributed by atoms with Crippen LogP contribution in [-0.4, -0.2) is 31.3 Å². The van der Waals surface area contributed by atoms with E-state index in [9.17, 15) is 13.6 Å². The number of rotatable bonds is 8. The molecule has 0 unspecified atom stereocenters. The molecular formula is C33H22F2N6O. The third-order valence-electron chi connectivity index (χ3n) is 7.03. The standard InChI is InChI=1S/C33H22F2N6O/c34-31(35)30-19-16-23(21-36-30)28-18-17-27(37-22-42)20-29(28)32-38-40-41(39-32)33(24-10-4-1-5-11-24,25-12-6-2-7-13-25)26-14-8-3-9-15-26/h1-21,31H. The molecule has 0 aliphatic rings. The van der Waals surface area contributed by atoms with Crippen LogP contribution in [0.4, 0.5) is 14.5 Å². The van der Waals surface area contributed by atoms with Gasteiger partial charge in [-0.3, -0.25) is 4.98 Å². The summed E-state index contributed by atoms with van der Waals surface area (Å²) in [6, 6.07) is 37.5. The summed E-state index contributed by atoms with van der Waals surface area (Å²) in [7, 11) is 0. The third-order valence-corrected chi connectivity index (χ3v) is 7.03. The van der Waals surface area contributed by atoms with E-state index < -0.39 is 12.0 Å². The second-order valence-electron chi connectivity index (χ2n) is 9.42. The molecule has 2 heterocycles. The number of benzene rings is 4. The molecule has 0 fully saturated rings. The van der Waals surface area contributed by atoms with Crippen molar-refractivity contribution in [2.45, 2.75) is 12.0 Å². The SMILES string of the molecule is O=C=Nc1ccc(-c2ccc(C(F)F)nc2)c(-c2nnn(C(c3ccccc3)(c3ccccc3)c3ccccc3)n2)c1. The van der Waals surface area contributed by atoms with E-state index in [1.54, 1.807) is 35.1 Å². The Morgan fingerprint density at radius 3 is 1.83 bits per heavy atom. The van der Waals surface area contributed by atoms with Gasteiger partial charge in [0.05, 0.1) is 5.69 Å². The van der Waals surface area contributed by atoms with Crippen molar-refractivity contribution in [1.82, 2.24) is 25.2 Å². The molecule has 0 amide bonds. The highest BCUT2D eigenvalue weighted by molar-refractivity contribution is 5.82. The number of hydrogen-bond acceptors (Lipinski definition) is 6. The molecule has 0 N–H and O–H groups in total. The van der Waals surface area contributed by atoms with Crippen LogP contribution >= 0.6 is 0 Å².